The molecule has 2 N–H and O–H groups in total. The predicted octanol–water partition coefficient (Wildman–Crippen LogP) is 5.06. The zero-order chi connectivity index (χ0) is 19.9. The highest BCUT2D eigenvalue weighted by atomic mass is 16.5. The molecule has 3 rings (SSSR count). The highest BCUT2D eigenvalue weighted by Crippen LogP contribution is 2.25. The highest BCUT2D eigenvalue weighted by molar-refractivity contribution is 5.65. The fourth-order valence-electron chi connectivity index (χ4n) is 3.26. The molecule has 28 heavy (non-hydrogen) atoms. The molecule has 0 fully saturated rings. The molecule has 5 nitrogen and oxygen atoms in total. The Hall–Kier alpha value is -3.08. The molecule has 3 aromatic rings. The van der Waals surface area contributed by atoms with Crippen LogP contribution in [-0.4, -0.2) is 23.6 Å². The van der Waals surface area contributed by atoms with Crippen LogP contribution in [0.5, 0.6) is 5.75 Å². The molecule has 0 aliphatic heterocycles. The largest absolute Gasteiger partial charge is 0.496 e. The third-order valence-electron chi connectivity index (χ3n) is 4.72. The van der Waals surface area contributed by atoms with Gasteiger partial charge in [-0.05, 0) is 49.4 Å². The van der Waals surface area contributed by atoms with E-state index in [2.05, 4.69) is 58.7 Å². The minimum atomic E-state index is 0.629. The molecule has 0 spiro atoms. The summed E-state index contributed by atoms with van der Waals surface area (Å²) in [7, 11) is 1.70. The second-order valence-electron chi connectivity index (χ2n) is 6.79. The lowest BCUT2D eigenvalue weighted by molar-refractivity contribution is 0.410. The van der Waals surface area contributed by atoms with Crippen molar-refractivity contribution < 1.29 is 4.74 Å². The average Bonchev–Trinajstić information content (AvgIpc) is 2.69. The van der Waals surface area contributed by atoms with Crippen LogP contribution in [0.1, 0.15) is 29.3 Å². The number of methoxy groups -OCH3 is 1. The smallest absolute Gasteiger partial charge is 0.224 e. The number of hydrogen-bond donors (Lipinski definition) is 2. The Morgan fingerprint density at radius 3 is 2.54 bits per heavy atom. The van der Waals surface area contributed by atoms with Crippen molar-refractivity contribution in [3.8, 4) is 5.75 Å². The van der Waals surface area contributed by atoms with Crippen LogP contribution in [0.2, 0.25) is 0 Å². The van der Waals surface area contributed by atoms with Crippen LogP contribution in [0.25, 0.3) is 0 Å². The van der Waals surface area contributed by atoms with Crippen molar-refractivity contribution >= 4 is 17.5 Å². The van der Waals surface area contributed by atoms with Gasteiger partial charge in [0.05, 0.1) is 7.11 Å². The van der Waals surface area contributed by atoms with E-state index < -0.39 is 0 Å². The van der Waals surface area contributed by atoms with Crippen molar-refractivity contribution in [2.24, 2.45) is 0 Å². The Labute approximate surface area is 167 Å². The zero-order valence-electron chi connectivity index (χ0n) is 17.0. The summed E-state index contributed by atoms with van der Waals surface area (Å²) in [6, 6.07) is 16.4. The number of benzene rings is 2. The molecular weight excluding hydrogens is 348 g/mol. The average molecular weight is 377 g/mol. The molecule has 0 aliphatic carbocycles. The van der Waals surface area contributed by atoms with Crippen LogP contribution in [0.4, 0.5) is 17.5 Å². The Morgan fingerprint density at radius 1 is 0.964 bits per heavy atom. The van der Waals surface area contributed by atoms with E-state index in [1.165, 1.54) is 11.1 Å². The van der Waals surface area contributed by atoms with Gasteiger partial charge in [-0.15, -0.1) is 0 Å². The maximum atomic E-state index is 5.42. The molecule has 0 aliphatic rings. The summed E-state index contributed by atoms with van der Waals surface area (Å²) in [5.41, 5.74) is 5.70. The van der Waals surface area contributed by atoms with E-state index in [4.69, 9.17) is 4.74 Å². The second-order valence-corrected chi connectivity index (χ2v) is 6.79. The minimum absolute atomic E-state index is 0.629. The standard InChI is InChI=1S/C23H28N4O/c1-5-18-11-8-9-16(2)22(18)26-21-15-17(3)25-23(27-21)24-14-13-19-10-6-7-12-20(19)28-4/h6-12,15H,5,13-14H2,1-4H3,(H2,24,25,26,27). The number of nitrogens with zero attached hydrogens (tertiary/aromatic N) is 2. The molecule has 0 radical (unpaired) electrons. The van der Waals surface area contributed by atoms with Crippen molar-refractivity contribution in [1.29, 1.82) is 0 Å². The van der Waals surface area contributed by atoms with Gasteiger partial charge in [0, 0.05) is 24.0 Å². The van der Waals surface area contributed by atoms with Gasteiger partial charge in [0.15, 0.2) is 0 Å². The maximum Gasteiger partial charge on any atom is 0.224 e. The van der Waals surface area contributed by atoms with Crippen LogP contribution >= 0.6 is 0 Å². The van der Waals surface area contributed by atoms with E-state index in [1.807, 2.05) is 31.2 Å². The van der Waals surface area contributed by atoms with E-state index in [9.17, 15) is 0 Å². The summed E-state index contributed by atoms with van der Waals surface area (Å²) in [6.07, 6.45) is 1.81. The van der Waals surface area contributed by atoms with Gasteiger partial charge >= 0.3 is 0 Å². The number of aromatic nitrogens is 2. The van der Waals surface area contributed by atoms with Crippen molar-refractivity contribution in [1.82, 2.24) is 9.97 Å². The van der Waals surface area contributed by atoms with Crippen LogP contribution in [0.3, 0.4) is 0 Å². The number of para-hydroxylation sites is 2. The molecule has 0 bridgehead atoms. The molecule has 1 heterocycles. The van der Waals surface area contributed by atoms with Gasteiger partial charge in [0.25, 0.3) is 0 Å². The van der Waals surface area contributed by atoms with Gasteiger partial charge < -0.3 is 15.4 Å². The van der Waals surface area contributed by atoms with Crippen molar-refractivity contribution in [3.63, 3.8) is 0 Å². The van der Waals surface area contributed by atoms with Crippen molar-refractivity contribution in [2.75, 3.05) is 24.3 Å². The van der Waals surface area contributed by atoms with Gasteiger partial charge in [-0.3, -0.25) is 0 Å². The number of anilines is 3. The molecule has 2 aromatic carbocycles. The first-order valence-electron chi connectivity index (χ1n) is 9.67. The molecule has 0 unspecified atom stereocenters. The van der Waals surface area contributed by atoms with Crippen LogP contribution < -0.4 is 15.4 Å². The van der Waals surface area contributed by atoms with Crippen LogP contribution in [0, 0.1) is 13.8 Å². The molecule has 0 saturated carbocycles. The first-order chi connectivity index (χ1) is 13.6. The molecular formula is C23H28N4O. The fourth-order valence-corrected chi connectivity index (χ4v) is 3.26. The number of aryl methyl sites for hydroxylation is 3. The number of nitrogens with one attached hydrogen (secondary N) is 2. The van der Waals surface area contributed by atoms with E-state index in [-0.39, 0.29) is 0 Å². The number of rotatable bonds is 8. The second kappa shape index (κ2) is 9.22. The molecule has 5 heteroatoms. The van der Waals surface area contributed by atoms with Crippen molar-refractivity contribution in [3.05, 3.63) is 70.9 Å². The summed E-state index contributed by atoms with van der Waals surface area (Å²) in [5, 5.41) is 6.83. The Balaban J connectivity index is 1.72. The molecule has 0 atom stereocenters. The number of ether oxygens (including phenoxy) is 1. The summed E-state index contributed by atoms with van der Waals surface area (Å²) in [5.74, 6) is 2.34. The van der Waals surface area contributed by atoms with Crippen LogP contribution in [-0.2, 0) is 12.8 Å². The summed E-state index contributed by atoms with van der Waals surface area (Å²) < 4.78 is 5.42. The van der Waals surface area contributed by atoms with Gasteiger partial charge in [0.2, 0.25) is 5.95 Å². The first-order valence-corrected chi connectivity index (χ1v) is 9.67. The quantitative estimate of drug-likeness (QED) is 0.575. The lowest BCUT2D eigenvalue weighted by Crippen LogP contribution is -2.10. The normalized spacial score (nSPS) is 10.6. The predicted molar refractivity (Wildman–Crippen MR) is 116 cm³/mol. The Kier molecular flexibility index (Phi) is 6.48. The fraction of sp³-hybridized carbons (Fsp3) is 0.304. The third-order valence-corrected chi connectivity index (χ3v) is 4.72. The lowest BCUT2D eigenvalue weighted by atomic mass is 10.1. The molecule has 146 valence electrons. The van der Waals surface area contributed by atoms with Gasteiger partial charge in [-0.2, -0.15) is 4.98 Å². The van der Waals surface area contributed by atoms with Crippen molar-refractivity contribution in [2.45, 2.75) is 33.6 Å². The van der Waals surface area contributed by atoms with E-state index >= 15 is 0 Å². The maximum absolute atomic E-state index is 5.42. The Bertz CT molecular complexity index is 940. The molecule has 0 amide bonds. The monoisotopic (exact) mass is 376 g/mol. The van der Waals surface area contributed by atoms with E-state index in [1.54, 1.807) is 7.11 Å². The van der Waals surface area contributed by atoms with E-state index in [0.717, 1.165) is 47.9 Å². The van der Waals surface area contributed by atoms with Gasteiger partial charge in [-0.1, -0.05) is 43.3 Å². The van der Waals surface area contributed by atoms with E-state index in [0.29, 0.717) is 5.95 Å². The minimum Gasteiger partial charge on any atom is -0.496 e. The summed E-state index contributed by atoms with van der Waals surface area (Å²) >= 11 is 0. The van der Waals surface area contributed by atoms with Gasteiger partial charge in [-0.25, -0.2) is 4.98 Å². The Morgan fingerprint density at radius 2 is 1.75 bits per heavy atom. The SMILES string of the molecule is CCc1cccc(C)c1Nc1cc(C)nc(NCCc2ccccc2OC)n1. The van der Waals surface area contributed by atoms with Crippen LogP contribution in [0.15, 0.2) is 48.5 Å². The van der Waals surface area contributed by atoms with Gasteiger partial charge in [0.1, 0.15) is 11.6 Å². The summed E-state index contributed by atoms with van der Waals surface area (Å²) in [6.45, 7) is 6.99. The molecule has 0 saturated heterocycles. The zero-order valence-corrected chi connectivity index (χ0v) is 17.0. The topological polar surface area (TPSA) is 59.1 Å². The lowest BCUT2D eigenvalue weighted by Gasteiger charge is -2.15. The summed E-state index contributed by atoms with van der Waals surface area (Å²) in [4.78, 5) is 9.18. The molecule has 1 aromatic heterocycles. The number of hydrogen-bond acceptors (Lipinski definition) is 5. The highest BCUT2D eigenvalue weighted by Gasteiger charge is 2.08. The third kappa shape index (κ3) is 4.80. The first kappa shape index (κ1) is 19.7.